The van der Waals surface area contributed by atoms with Gasteiger partial charge < -0.3 is 28.4 Å². The molecule has 0 aliphatic carbocycles. The van der Waals surface area contributed by atoms with Gasteiger partial charge in [0, 0.05) is 12.2 Å². The number of ether oxygens (including phenoxy) is 6. The molecule has 0 spiro atoms. The number of carbonyl (C=O) groups excluding carboxylic acids is 4. The van der Waals surface area contributed by atoms with Crippen molar-refractivity contribution in [2.45, 2.75) is 97.2 Å². The number of esters is 4. The molecule has 3 aromatic carbocycles. The number of aryl methyl sites for hydroxylation is 1. The Balaban J connectivity index is 1.37. The fourth-order valence-electron chi connectivity index (χ4n) is 5.30. The highest BCUT2D eigenvalue weighted by atomic mass is 16.6. The van der Waals surface area contributed by atoms with Gasteiger partial charge in [-0.3, -0.25) is 0 Å². The molecule has 10 nitrogen and oxygen atoms in total. The summed E-state index contributed by atoms with van der Waals surface area (Å²) in [5.41, 5.74) is 1.36. The van der Waals surface area contributed by atoms with Crippen molar-refractivity contribution in [2.24, 2.45) is 0 Å². The first-order valence-electron chi connectivity index (χ1n) is 18.3. The Hall–Kier alpha value is -5.38. The second kappa shape index (κ2) is 23.2. The maximum absolute atomic E-state index is 12.8. The topological polar surface area (TPSA) is 124 Å². The molecule has 2 atom stereocenters. The van der Waals surface area contributed by atoms with Gasteiger partial charge in [0.05, 0.1) is 24.3 Å². The van der Waals surface area contributed by atoms with Crippen LogP contribution in [0, 0.1) is 6.92 Å². The summed E-state index contributed by atoms with van der Waals surface area (Å²) >= 11 is 0. The van der Waals surface area contributed by atoms with Crippen LogP contribution in [0.2, 0.25) is 0 Å². The molecule has 2 unspecified atom stereocenters. The molecule has 53 heavy (non-hydrogen) atoms. The van der Waals surface area contributed by atoms with Gasteiger partial charge in [0.15, 0.2) is 0 Å². The van der Waals surface area contributed by atoms with E-state index in [-0.39, 0.29) is 12.2 Å². The van der Waals surface area contributed by atoms with E-state index in [4.69, 9.17) is 28.4 Å². The molecule has 0 saturated heterocycles. The van der Waals surface area contributed by atoms with Crippen molar-refractivity contribution in [3.05, 3.63) is 109 Å². The van der Waals surface area contributed by atoms with Crippen LogP contribution in [0.15, 0.2) is 92.0 Å². The largest absolute Gasteiger partial charge is 0.494 e. The molecular formula is C43H52O10. The van der Waals surface area contributed by atoms with E-state index in [1.54, 1.807) is 73.7 Å². The molecule has 3 rings (SSSR count). The molecule has 0 bridgehead atoms. The van der Waals surface area contributed by atoms with Crippen LogP contribution in [0.1, 0.15) is 104 Å². The van der Waals surface area contributed by atoms with Crippen LogP contribution < -0.4 is 18.9 Å². The maximum atomic E-state index is 12.8. The normalized spacial score (nSPS) is 11.8. The van der Waals surface area contributed by atoms with E-state index in [2.05, 4.69) is 13.2 Å². The summed E-state index contributed by atoms with van der Waals surface area (Å²) in [5.74, 6) is 0.139. The predicted molar refractivity (Wildman–Crippen MR) is 203 cm³/mol. The van der Waals surface area contributed by atoms with E-state index in [0.717, 1.165) is 64.2 Å². The Morgan fingerprint density at radius 2 is 1.02 bits per heavy atom. The van der Waals surface area contributed by atoms with Crippen molar-refractivity contribution in [3.8, 4) is 23.0 Å². The first kappa shape index (κ1) is 42.0. The van der Waals surface area contributed by atoms with E-state index in [1.807, 2.05) is 13.8 Å². The van der Waals surface area contributed by atoms with Crippen LogP contribution in [-0.2, 0) is 19.1 Å². The summed E-state index contributed by atoms with van der Waals surface area (Å²) in [5, 5.41) is 0. The lowest BCUT2D eigenvalue weighted by Crippen LogP contribution is -2.15. The van der Waals surface area contributed by atoms with E-state index in [0.29, 0.717) is 52.9 Å². The predicted octanol–water partition coefficient (Wildman–Crippen LogP) is 9.33. The van der Waals surface area contributed by atoms with E-state index >= 15 is 0 Å². The second-order valence-corrected chi connectivity index (χ2v) is 12.5. The summed E-state index contributed by atoms with van der Waals surface area (Å²) in [7, 11) is 0. The van der Waals surface area contributed by atoms with Gasteiger partial charge in [0.1, 0.15) is 35.2 Å². The van der Waals surface area contributed by atoms with Crippen LogP contribution in [-0.4, -0.2) is 49.3 Å². The molecule has 0 amide bonds. The number of hydrogen-bond donors (Lipinski definition) is 0. The summed E-state index contributed by atoms with van der Waals surface area (Å²) in [6.07, 6.45) is 10.7. The number of rotatable bonds is 24. The molecule has 0 radical (unpaired) electrons. The highest BCUT2D eigenvalue weighted by molar-refractivity contribution is 5.92. The zero-order valence-corrected chi connectivity index (χ0v) is 31.1. The highest BCUT2D eigenvalue weighted by Gasteiger charge is 2.15. The minimum atomic E-state index is -0.526. The number of hydrogen-bond acceptors (Lipinski definition) is 10. The molecule has 0 aromatic heterocycles. The van der Waals surface area contributed by atoms with Crippen molar-refractivity contribution < 1.29 is 47.6 Å². The fraction of sp³-hybridized carbons (Fsp3) is 0.395. The number of benzene rings is 3. The first-order valence-corrected chi connectivity index (χ1v) is 18.3. The zero-order valence-electron chi connectivity index (χ0n) is 31.1. The maximum Gasteiger partial charge on any atom is 0.343 e. The van der Waals surface area contributed by atoms with E-state index in [9.17, 15) is 19.2 Å². The van der Waals surface area contributed by atoms with Crippen molar-refractivity contribution in [1.82, 2.24) is 0 Å². The van der Waals surface area contributed by atoms with Gasteiger partial charge in [0.2, 0.25) is 0 Å². The van der Waals surface area contributed by atoms with Crippen LogP contribution >= 0.6 is 0 Å². The smallest absolute Gasteiger partial charge is 0.343 e. The summed E-state index contributed by atoms with van der Waals surface area (Å²) in [4.78, 5) is 48.4. The Labute approximate surface area is 313 Å². The van der Waals surface area contributed by atoms with Gasteiger partial charge in [0.25, 0.3) is 0 Å². The molecule has 0 N–H and O–H groups in total. The fourth-order valence-corrected chi connectivity index (χ4v) is 5.30. The summed E-state index contributed by atoms with van der Waals surface area (Å²) in [6.45, 7) is 13.7. The molecule has 284 valence electrons. The summed E-state index contributed by atoms with van der Waals surface area (Å²) < 4.78 is 33.4. The summed E-state index contributed by atoms with van der Waals surface area (Å²) in [6, 6.07) is 18.3. The SMILES string of the molecule is C=CC(=O)OC(CC)CCCCCOc1ccc(C(=O)Oc2ccc(OC(=O)c3ccc(OCCCCCC(CC)OC(=O)C=C)cc3)c(C)c2)cc1. The standard InChI is InChI=1S/C43H52O10/c1-6-34(50-40(44)8-3)16-12-10-14-28-48-36-22-18-32(19-23-36)42(46)52-38-26-27-39(31(5)30-38)53-43(47)33-20-24-37(25-21-33)49-29-15-11-13-17-35(7-2)51-41(45)9-4/h8-9,18-27,30,34-35H,3-4,6-7,10-17,28-29H2,1-2,5H3. The third-order valence-electron chi connectivity index (χ3n) is 8.43. The van der Waals surface area contributed by atoms with Crippen LogP contribution in [0.25, 0.3) is 0 Å². The third-order valence-corrected chi connectivity index (χ3v) is 8.43. The molecule has 0 heterocycles. The van der Waals surface area contributed by atoms with E-state index < -0.39 is 23.9 Å². The first-order chi connectivity index (χ1) is 25.6. The Kier molecular flexibility index (Phi) is 18.4. The lowest BCUT2D eigenvalue weighted by molar-refractivity contribution is -0.144. The van der Waals surface area contributed by atoms with Gasteiger partial charge >= 0.3 is 23.9 Å². The average molecular weight is 729 g/mol. The van der Waals surface area contributed by atoms with Crippen LogP contribution in [0.5, 0.6) is 23.0 Å². The van der Waals surface area contributed by atoms with Gasteiger partial charge in [-0.25, -0.2) is 19.2 Å². The van der Waals surface area contributed by atoms with Crippen LogP contribution in [0.3, 0.4) is 0 Å². The van der Waals surface area contributed by atoms with Crippen LogP contribution in [0.4, 0.5) is 0 Å². The Morgan fingerprint density at radius 3 is 1.43 bits per heavy atom. The zero-order chi connectivity index (χ0) is 38.4. The van der Waals surface area contributed by atoms with Gasteiger partial charge in [-0.05, 0) is 143 Å². The molecule has 0 aliphatic heterocycles. The van der Waals surface area contributed by atoms with Crippen molar-refractivity contribution in [1.29, 1.82) is 0 Å². The monoisotopic (exact) mass is 728 g/mol. The van der Waals surface area contributed by atoms with Gasteiger partial charge in [-0.1, -0.05) is 27.0 Å². The third kappa shape index (κ3) is 15.4. The highest BCUT2D eigenvalue weighted by Crippen LogP contribution is 2.26. The molecule has 0 aliphatic rings. The lowest BCUT2D eigenvalue weighted by Gasteiger charge is -2.14. The average Bonchev–Trinajstić information content (AvgIpc) is 3.17. The number of carbonyl (C=O) groups is 4. The second-order valence-electron chi connectivity index (χ2n) is 12.5. The Morgan fingerprint density at radius 1 is 0.585 bits per heavy atom. The van der Waals surface area contributed by atoms with Crippen molar-refractivity contribution in [3.63, 3.8) is 0 Å². The molecule has 0 saturated carbocycles. The quantitative estimate of drug-likeness (QED) is 0.0382. The minimum Gasteiger partial charge on any atom is -0.494 e. The molecule has 10 heteroatoms. The van der Waals surface area contributed by atoms with Crippen molar-refractivity contribution in [2.75, 3.05) is 13.2 Å². The molecular weight excluding hydrogens is 676 g/mol. The minimum absolute atomic E-state index is 0.0957. The molecule has 0 fully saturated rings. The Bertz CT molecular complexity index is 1630. The number of unbranched alkanes of at least 4 members (excludes halogenated alkanes) is 4. The molecule has 3 aromatic rings. The lowest BCUT2D eigenvalue weighted by atomic mass is 10.1. The van der Waals surface area contributed by atoms with Gasteiger partial charge in [-0.15, -0.1) is 0 Å². The van der Waals surface area contributed by atoms with E-state index in [1.165, 1.54) is 12.2 Å². The van der Waals surface area contributed by atoms with Gasteiger partial charge in [-0.2, -0.15) is 0 Å². The van der Waals surface area contributed by atoms with Crippen molar-refractivity contribution >= 4 is 23.9 Å².